The number of hydrogen-bond donors (Lipinski definition) is 0. The molecule has 0 spiro atoms. The molecule has 6 heteroatoms. The van der Waals surface area contributed by atoms with Crippen molar-refractivity contribution in [1.82, 2.24) is 14.6 Å². The van der Waals surface area contributed by atoms with Gasteiger partial charge in [-0.25, -0.2) is 17.9 Å². The minimum atomic E-state index is -3.50. The minimum Gasteiger partial charge on any atom is -0.221 e. The molecule has 124 valence electrons. The second-order valence-electron chi connectivity index (χ2n) is 5.81. The molecule has 0 unspecified atom stereocenters. The topological polar surface area (TPSA) is 64.3 Å². The zero-order valence-corrected chi connectivity index (χ0v) is 14.3. The van der Waals surface area contributed by atoms with Crippen LogP contribution in [0.4, 0.5) is 0 Å². The summed E-state index contributed by atoms with van der Waals surface area (Å²) in [6.45, 7) is 0. The van der Waals surface area contributed by atoms with E-state index in [1.807, 2.05) is 60.7 Å². The van der Waals surface area contributed by atoms with Gasteiger partial charge in [0.15, 0.2) is 0 Å². The van der Waals surface area contributed by atoms with Gasteiger partial charge >= 0.3 is 0 Å². The van der Waals surface area contributed by atoms with Crippen molar-refractivity contribution >= 4 is 15.4 Å². The van der Waals surface area contributed by atoms with E-state index in [2.05, 4.69) is 10.1 Å². The summed E-state index contributed by atoms with van der Waals surface area (Å²) in [5.41, 5.74) is 4.30. The molecule has 2 aromatic heterocycles. The van der Waals surface area contributed by atoms with E-state index in [9.17, 15) is 8.42 Å². The maximum Gasteiger partial charge on any atom is 0.249 e. The van der Waals surface area contributed by atoms with E-state index in [0.717, 1.165) is 22.9 Å². The minimum absolute atomic E-state index is 0.0601. The molecule has 0 amide bonds. The van der Waals surface area contributed by atoms with Gasteiger partial charge in [0.05, 0.1) is 17.4 Å². The Hall–Kier alpha value is -2.99. The molecule has 2 heterocycles. The van der Waals surface area contributed by atoms with Gasteiger partial charge in [-0.15, -0.1) is 0 Å². The highest BCUT2D eigenvalue weighted by atomic mass is 32.2. The molecule has 5 nitrogen and oxygen atoms in total. The third-order valence-corrected chi connectivity index (χ3v) is 4.88. The van der Waals surface area contributed by atoms with Crippen LogP contribution in [0.15, 0.2) is 78.1 Å². The van der Waals surface area contributed by atoms with Crippen molar-refractivity contribution in [2.75, 3.05) is 6.26 Å². The predicted octanol–water partition coefficient (Wildman–Crippen LogP) is 3.47. The van der Waals surface area contributed by atoms with Gasteiger partial charge in [0.1, 0.15) is 0 Å². The zero-order valence-electron chi connectivity index (χ0n) is 13.5. The lowest BCUT2D eigenvalue weighted by Crippen LogP contribution is -2.09. The molecule has 0 aliphatic heterocycles. The molecule has 2 aromatic carbocycles. The first-order valence-electron chi connectivity index (χ1n) is 7.73. The van der Waals surface area contributed by atoms with Gasteiger partial charge in [0.25, 0.3) is 0 Å². The van der Waals surface area contributed by atoms with Crippen LogP contribution in [-0.2, 0) is 9.84 Å². The highest BCUT2D eigenvalue weighted by molar-refractivity contribution is 7.90. The van der Waals surface area contributed by atoms with Crippen molar-refractivity contribution in [2.24, 2.45) is 0 Å². The summed E-state index contributed by atoms with van der Waals surface area (Å²) in [7, 11) is -3.50. The first-order chi connectivity index (χ1) is 12.0. The summed E-state index contributed by atoms with van der Waals surface area (Å²) in [5, 5.41) is 4.00. The van der Waals surface area contributed by atoms with E-state index in [1.54, 1.807) is 12.3 Å². The predicted molar refractivity (Wildman–Crippen MR) is 97.0 cm³/mol. The molecule has 0 saturated heterocycles. The van der Waals surface area contributed by atoms with E-state index in [4.69, 9.17) is 0 Å². The van der Waals surface area contributed by atoms with Crippen molar-refractivity contribution in [1.29, 1.82) is 0 Å². The summed E-state index contributed by atoms with van der Waals surface area (Å²) >= 11 is 0. The molecular weight excluding hydrogens is 334 g/mol. The molecule has 0 radical (unpaired) electrons. The quantitative estimate of drug-likeness (QED) is 0.531. The second-order valence-corrected chi connectivity index (χ2v) is 7.72. The Bertz CT molecular complexity index is 1170. The van der Waals surface area contributed by atoms with Crippen LogP contribution in [0, 0.1) is 0 Å². The summed E-state index contributed by atoms with van der Waals surface area (Å²) in [4.78, 5) is 4.36. The van der Waals surface area contributed by atoms with Crippen LogP contribution in [-0.4, -0.2) is 29.3 Å². The first-order valence-corrected chi connectivity index (χ1v) is 9.62. The lowest BCUT2D eigenvalue weighted by molar-refractivity contribution is 0.586. The molecule has 0 fully saturated rings. The molecular formula is C19H15N3O2S. The fourth-order valence-corrected chi connectivity index (χ4v) is 3.51. The van der Waals surface area contributed by atoms with Crippen molar-refractivity contribution in [3.8, 4) is 22.4 Å². The summed E-state index contributed by atoms with van der Waals surface area (Å²) < 4.78 is 25.5. The second kappa shape index (κ2) is 5.82. The number of nitrogens with zero attached hydrogens (tertiary/aromatic N) is 3. The van der Waals surface area contributed by atoms with Crippen molar-refractivity contribution in [3.63, 3.8) is 0 Å². The highest BCUT2D eigenvalue weighted by Crippen LogP contribution is 2.27. The fourth-order valence-electron chi connectivity index (χ4n) is 2.78. The molecule has 4 rings (SSSR count). The number of fused-ring (bicyclic) bond motifs is 1. The van der Waals surface area contributed by atoms with Crippen LogP contribution in [0.3, 0.4) is 0 Å². The van der Waals surface area contributed by atoms with Crippen LogP contribution in [0.2, 0.25) is 0 Å². The molecule has 25 heavy (non-hydrogen) atoms. The Balaban J connectivity index is 1.91. The summed E-state index contributed by atoms with van der Waals surface area (Å²) in [6, 6.07) is 21.5. The SMILES string of the molecule is CS(=O)(=O)c1nc(-c2cccc(-c3ccccc3)c2)cc2ccnn12. The zero-order chi connectivity index (χ0) is 17.4. The number of sulfone groups is 1. The Kier molecular flexibility index (Phi) is 3.62. The Labute approximate surface area is 145 Å². The fraction of sp³-hybridized carbons (Fsp3) is 0.0526. The lowest BCUT2D eigenvalue weighted by atomic mass is 10.0. The Morgan fingerprint density at radius 3 is 2.32 bits per heavy atom. The number of benzene rings is 2. The van der Waals surface area contributed by atoms with Gasteiger partial charge < -0.3 is 0 Å². The smallest absolute Gasteiger partial charge is 0.221 e. The van der Waals surface area contributed by atoms with Crippen LogP contribution in [0.5, 0.6) is 0 Å². The lowest BCUT2D eigenvalue weighted by Gasteiger charge is -2.08. The molecule has 0 atom stereocenters. The van der Waals surface area contributed by atoms with Crippen molar-refractivity contribution in [2.45, 2.75) is 5.16 Å². The molecule has 0 aliphatic carbocycles. The standard InChI is InChI=1S/C19H15N3O2S/c1-25(23,24)19-21-18(13-17-10-11-20-22(17)19)16-9-5-8-15(12-16)14-6-3-2-4-7-14/h2-13H,1H3. The average Bonchev–Trinajstić information content (AvgIpc) is 3.09. The third kappa shape index (κ3) is 2.92. The van der Waals surface area contributed by atoms with E-state index >= 15 is 0 Å². The van der Waals surface area contributed by atoms with Crippen molar-refractivity contribution in [3.05, 3.63) is 72.9 Å². The normalized spacial score (nSPS) is 11.7. The van der Waals surface area contributed by atoms with Crippen LogP contribution >= 0.6 is 0 Å². The molecule has 0 aliphatic rings. The third-order valence-electron chi connectivity index (χ3n) is 3.95. The van der Waals surface area contributed by atoms with Gasteiger partial charge in [0, 0.05) is 11.8 Å². The maximum atomic E-state index is 12.1. The van der Waals surface area contributed by atoms with E-state index in [1.165, 1.54) is 4.52 Å². The molecule has 0 bridgehead atoms. The van der Waals surface area contributed by atoms with Crippen LogP contribution in [0.25, 0.3) is 27.9 Å². The van der Waals surface area contributed by atoms with Gasteiger partial charge in [0.2, 0.25) is 15.0 Å². The highest BCUT2D eigenvalue weighted by Gasteiger charge is 2.17. The van der Waals surface area contributed by atoms with Gasteiger partial charge in [-0.05, 0) is 29.3 Å². The number of rotatable bonds is 3. The maximum absolute atomic E-state index is 12.1. The average molecular weight is 349 g/mol. The van der Waals surface area contributed by atoms with Gasteiger partial charge in [-0.3, -0.25) is 0 Å². The van der Waals surface area contributed by atoms with E-state index in [0.29, 0.717) is 11.2 Å². The molecule has 4 aromatic rings. The van der Waals surface area contributed by atoms with Crippen LogP contribution in [0.1, 0.15) is 0 Å². The van der Waals surface area contributed by atoms with Gasteiger partial charge in [-0.2, -0.15) is 5.10 Å². The molecule has 0 saturated carbocycles. The van der Waals surface area contributed by atoms with Crippen molar-refractivity contribution < 1.29 is 8.42 Å². The summed E-state index contributed by atoms with van der Waals surface area (Å²) in [6.07, 6.45) is 2.70. The first kappa shape index (κ1) is 15.5. The monoisotopic (exact) mass is 349 g/mol. The van der Waals surface area contributed by atoms with E-state index in [-0.39, 0.29) is 5.16 Å². The Morgan fingerprint density at radius 1 is 0.840 bits per heavy atom. The number of hydrogen-bond acceptors (Lipinski definition) is 4. The Morgan fingerprint density at radius 2 is 1.56 bits per heavy atom. The largest absolute Gasteiger partial charge is 0.249 e. The molecule has 0 N–H and O–H groups in total. The van der Waals surface area contributed by atoms with Gasteiger partial charge in [-0.1, -0.05) is 48.5 Å². The summed E-state index contributed by atoms with van der Waals surface area (Å²) in [5.74, 6) is 0. The van der Waals surface area contributed by atoms with Crippen LogP contribution < -0.4 is 0 Å². The number of aromatic nitrogens is 3. The van der Waals surface area contributed by atoms with E-state index < -0.39 is 9.84 Å².